The van der Waals surface area contributed by atoms with E-state index in [9.17, 15) is 0 Å². The Hall–Kier alpha value is -1.10. The third kappa shape index (κ3) is 5.49. The van der Waals surface area contributed by atoms with E-state index in [1.54, 1.807) is 0 Å². The van der Waals surface area contributed by atoms with Gasteiger partial charge in [-0.25, -0.2) is 0 Å². The number of unbranched alkanes of at least 4 members (excludes halogenated alkanes) is 2. The summed E-state index contributed by atoms with van der Waals surface area (Å²) in [4.78, 5) is 0. The molecule has 0 bridgehead atoms. The molecule has 0 atom stereocenters. The Morgan fingerprint density at radius 2 is 1.25 bits per heavy atom. The Labute approximate surface area is 128 Å². The molecule has 0 aromatic heterocycles. The Morgan fingerprint density at radius 1 is 0.750 bits per heavy atom. The first-order chi connectivity index (χ1) is 9.39. The normalized spacial score (nSPS) is 10.5. The highest BCUT2D eigenvalue weighted by Gasteiger charge is 2.41. The van der Waals surface area contributed by atoms with E-state index in [0.717, 1.165) is 12.8 Å². The molecule has 0 aliphatic rings. The first kappa shape index (κ1) is 18.9. The lowest BCUT2D eigenvalue weighted by Gasteiger charge is -2.37. The average Bonchev–Trinajstić information content (AvgIpc) is 2.35. The summed E-state index contributed by atoms with van der Waals surface area (Å²) in [5.74, 6) is 14.9. The Balaban J connectivity index is 4.99. The SMILES string of the molecule is CCCCC#CC#CC#C[Si](C(C)C)(C(C)C)C(C)C. The largest absolute Gasteiger partial charge is 0.147 e. The van der Waals surface area contributed by atoms with Crippen LogP contribution in [0.25, 0.3) is 0 Å². The van der Waals surface area contributed by atoms with Gasteiger partial charge in [-0.2, -0.15) is 0 Å². The van der Waals surface area contributed by atoms with Crippen molar-refractivity contribution in [2.24, 2.45) is 0 Å². The van der Waals surface area contributed by atoms with E-state index in [-0.39, 0.29) is 0 Å². The highest BCUT2D eigenvalue weighted by Crippen LogP contribution is 2.40. The molecule has 0 N–H and O–H groups in total. The molecule has 0 amide bonds. The van der Waals surface area contributed by atoms with Crippen LogP contribution in [-0.4, -0.2) is 8.07 Å². The molecule has 0 radical (unpaired) electrons. The maximum Gasteiger partial charge on any atom is 0.147 e. The van der Waals surface area contributed by atoms with Gasteiger partial charge in [0, 0.05) is 6.42 Å². The van der Waals surface area contributed by atoms with Crippen molar-refractivity contribution in [3.05, 3.63) is 0 Å². The molecule has 0 aromatic carbocycles. The molecule has 0 rings (SSSR count). The lowest BCUT2D eigenvalue weighted by molar-refractivity contribution is 0.828. The summed E-state index contributed by atoms with van der Waals surface area (Å²) < 4.78 is 0. The molecule has 1 heteroatoms. The third-order valence-corrected chi connectivity index (χ3v) is 10.4. The summed E-state index contributed by atoms with van der Waals surface area (Å²) in [7, 11) is -1.62. The standard InChI is InChI=1S/C19H30Si/c1-8-9-10-11-12-13-14-15-16-20(17(2)3,18(4)5)19(6)7/h17-19H,8-10H2,1-7H3. The quantitative estimate of drug-likeness (QED) is 0.360. The van der Waals surface area contributed by atoms with E-state index < -0.39 is 8.07 Å². The van der Waals surface area contributed by atoms with Crippen molar-refractivity contribution in [1.29, 1.82) is 0 Å². The Kier molecular flexibility index (Phi) is 9.21. The summed E-state index contributed by atoms with van der Waals surface area (Å²) in [5.41, 5.74) is 5.56. The highest BCUT2D eigenvalue weighted by molar-refractivity contribution is 6.90. The molecule has 0 unspecified atom stereocenters. The van der Waals surface area contributed by atoms with Crippen molar-refractivity contribution < 1.29 is 0 Å². The fourth-order valence-corrected chi connectivity index (χ4v) is 8.15. The van der Waals surface area contributed by atoms with Crippen LogP contribution in [0.4, 0.5) is 0 Å². The molecule has 0 aliphatic heterocycles. The van der Waals surface area contributed by atoms with E-state index in [0.29, 0.717) is 16.6 Å². The smallest absolute Gasteiger partial charge is 0.116 e. The molecule has 20 heavy (non-hydrogen) atoms. The van der Waals surface area contributed by atoms with Crippen molar-refractivity contribution in [2.45, 2.75) is 84.4 Å². The molecule has 0 spiro atoms. The highest BCUT2D eigenvalue weighted by atomic mass is 28.3. The van der Waals surface area contributed by atoms with Gasteiger partial charge in [0.2, 0.25) is 0 Å². The minimum absolute atomic E-state index is 0.660. The van der Waals surface area contributed by atoms with Crippen molar-refractivity contribution in [3.8, 4) is 35.1 Å². The van der Waals surface area contributed by atoms with Crippen LogP contribution in [0.1, 0.15) is 67.7 Å². The number of rotatable bonds is 5. The lowest BCUT2D eigenvalue weighted by Crippen LogP contribution is -2.43. The van der Waals surface area contributed by atoms with Crippen LogP contribution in [0.2, 0.25) is 16.6 Å². The van der Waals surface area contributed by atoms with E-state index in [2.05, 4.69) is 83.6 Å². The summed E-state index contributed by atoms with van der Waals surface area (Å²) in [5, 5.41) is 0. The van der Waals surface area contributed by atoms with Crippen LogP contribution in [-0.2, 0) is 0 Å². The molecule has 0 aliphatic carbocycles. The predicted octanol–water partition coefficient (Wildman–Crippen LogP) is 5.40. The maximum absolute atomic E-state index is 3.58. The topological polar surface area (TPSA) is 0 Å². The van der Waals surface area contributed by atoms with Gasteiger partial charge < -0.3 is 0 Å². The second-order valence-electron chi connectivity index (χ2n) is 6.30. The van der Waals surface area contributed by atoms with Crippen LogP contribution in [0, 0.1) is 35.1 Å². The lowest BCUT2D eigenvalue weighted by atomic mass is 10.2. The van der Waals surface area contributed by atoms with E-state index in [4.69, 9.17) is 0 Å². The Morgan fingerprint density at radius 3 is 1.70 bits per heavy atom. The zero-order valence-electron chi connectivity index (χ0n) is 14.4. The summed E-state index contributed by atoms with van der Waals surface area (Å²) in [6.45, 7) is 16.1. The summed E-state index contributed by atoms with van der Waals surface area (Å²) >= 11 is 0. The van der Waals surface area contributed by atoms with Gasteiger partial charge in [-0.3, -0.25) is 0 Å². The van der Waals surface area contributed by atoms with Gasteiger partial charge in [-0.05, 0) is 46.7 Å². The monoisotopic (exact) mass is 286 g/mol. The minimum atomic E-state index is -1.62. The first-order valence-corrected chi connectivity index (χ1v) is 10.1. The molecular weight excluding hydrogens is 256 g/mol. The molecule has 0 fully saturated rings. The predicted molar refractivity (Wildman–Crippen MR) is 93.9 cm³/mol. The van der Waals surface area contributed by atoms with Gasteiger partial charge in [0.15, 0.2) is 0 Å². The van der Waals surface area contributed by atoms with E-state index >= 15 is 0 Å². The molecule has 0 heterocycles. The van der Waals surface area contributed by atoms with Crippen LogP contribution in [0.15, 0.2) is 0 Å². The molecule has 0 aromatic rings. The molecule has 0 saturated carbocycles. The van der Waals surface area contributed by atoms with Crippen molar-refractivity contribution in [3.63, 3.8) is 0 Å². The minimum Gasteiger partial charge on any atom is -0.116 e. The molecular formula is C19H30Si. The zero-order valence-corrected chi connectivity index (χ0v) is 15.4. The van der Waals surface area contributed by atoms with Crippen LogP contribution in [0.3, 0.4) is 0 Å². The fraction of sp³-hybridized carbons (Fsp3) is 0.684. The second-order valence-corrected chi connectivity index (χ2v) is 11.9. The van der Waals surface area contributed by atoms with E-state index in [1.807, 2.05) is 0 Å². The van der Waals surface area contributed by atoms with Gasteiger partial charge in [0.1, 0.15) is 8.07 Å². The Bertz CT molecular complexity index is 427. The average molecular weight is 287 g/mol. The van der Waals surface area contributed by atoms with E-state index in [1.165, 1.54) is 6.42 Å². The van der Waals surface area contributed by atoms with Crippen molar-refractivity contribution in [2.75, 3.05) is 0 Å². The maximum atomic E-state index is 3.58. The summed E-state index contributed by atoms with van der Waals surface area (Å²) in [6, 6.07) is 0. The summed E-state index contributed by atoms with van der Waals surface area (Å²) in [6.07, 6.45) is 3.29. The molecule has 0 nitrogen and oxygen atoms in total. The van der Waals surface area contributed by atoms with Gasteiger partial charge in [0.25, 0.3) is 0 Å². The van der Waals surface area contributed by atoms with Crippen LogP contribution >= 0.6 is 0 Å². The second kappa shape index (κ2) is 9.75. The van der Waals surface area contributed by atoms with Gasteiger partial charge in [-0.1, -0.05) is 60.8 Å². The molecule has 110 valence electrons. The van der Waals surface area contributed by atoms with Crippen molar-refractivity contribution >= 4 is 8.07 Å². The number of hydrogen-bond acceptors (Lipinski definition) is 0. The van der Waals surface area contributed by atoms with Gasteiger partial charge >= 0.3 is 0 Å². The van der Waals surface area contributed by atoms with Crippen molar-refractivity contribution in [1.82, 2.24) is 0 Å². The van der Waals surface area contributed by atoms with Gasteiger partial charge in [-0.15, -0.1) is 5.54 Å². The third-order valence-electron chi connectivity index (χ3n) is 4.08. The van der Waals surface area contributed by atoms with Crippen LogP contribution < -0.4 is 0 Å². The van der Waals surface area contributed by atoms with Crippen LogP contribution in [0.5, 0.6) is 0 Å². The van der Waals surface area contributed by atoms with Gasteiger partial charge in [0.05, 0.1) is 0 Å². The zero-order chi connectivity index (χ0) is 15.6. The first-order valence-electron chi connectivity index (χ1n) is 7.89. The molecule has 0 saturated heterocycles. The fourth-order valence-electron chi connectivity index (χ4n) is 3.01. The number of hydrogen-bond donors (Lipinski definition) is 0.